The van der Waals surface area contributed by atoms with Gasteiger partial charge in [-0.1, -0.05) is 18.7 Å². The number of fused-ring (bicyclic) bond motifs is 3. The Labute approximate surface area is 221 Å². The van der Waals surface area contributed by atoms with Crippen molar-refractivity contribution in [1.29, 1.82) is 0 Å². The highest BCUT2D eigenvalue weighted by atomic mass is 35.5. The van der Waals surface area contributed by atoms with Gasteiger partial charge in [-0.2, -0.15) is 0 Å². The van der Waals surface area contributed by atoms with Crippen molar-refractivity contribution in [3.63, 3.8) is 0 Å². The maximum Gasteiger partial charge on any atom is 0.157 e. The van der Waals surface area contributed by atoms with Crippen LogP contribution in [0.5, 0.6) is 0 Å². The minimum Gasteiger partial charge on any atom is -0.372 e. The first kappa shape index (κ1) is 25.5. The fourth-order valence-corrected chi connectivity index (χ4v) is 5.57. The minimum atomic E-state index is -0.633. The number of hydrogen-bond acceptors (Lipinski definition) is 5. The van der Waals surface area contributed by atoms with E-state index in [2.05, 4.69) is 33.7 Å². The third kappa shape index (κ3) is 5.03. The molecule has 5 rings (SSSR count). The molecule has 1 aromatic carbocycles. The van der Waals surface area contributed by atoms with Crippen LogP contribution in [0.2, 0.25) is 0 Å². The maximum atomic E-state index is 16.4. The lowest BCUT2D eigenvalue weighted by Gasteiger charge is -2.35. The zero-order chi connectivity index (χ0) is 26.1. The number of aromatic nitrogens is 2. The van der Waals surface area contributed by atoms with Gasteiger partial charge in [0.25, 0.3) is 0 Å². The number of hydrogen-bond donors (Lipinski definition) is 1. The van der Waals surface area contributed by atoms with Gasteiger partial charge in [-0.05, 0) is 56.0 Å². The second kappa shape index (κ2) is 10.7. The van der Waals surface area contributed by atoms with E-state index < -0.39 is 17.0 Å². The van der Waals surface area contributed by atoms with Crippen LogP contribution in [0, 0.1) is 5.82 Å². The first-order chi connectivity index (χ1) is 17.8. The number of halogens is 3. The normalized spacial score (nSPS) is 23.6. The predicted molar refractivity (Wildman–Crippen MR) is 144 cm³/mol. The van der Waals surface area contributed by atoms with E-state index in [1.54, 1.807) is 30.6 Å². The monoisotopic (exact) mass is 521 g/mol. The van der Waals surface area contributed by atoms with Crippen LogP contribution in [0.4, 0.5) is 8.78 Å². The van der Waals surface area contributed by atoms with Crippen molar-refractivity contribution < 1.29 is 8.78 Å². The van der Waals surface area contributed by atoms with Crippen molar-refractivity contribution in [2.75, 3.05) is 19.6 Å². The van der Waals surface area contributed by atoms with Gasteiger partial charge in [-0.25, -0.2) is 18.7 Å². The van der Waals surface area contributed by atoms with Gasteiger partial charge in [0.1, 0.15) is 17.4 Å². The van der Waals surface area contributed by atoms with E-state index >= 15 is 4.39 Å². The van der Waals surface area contributed by atoms with E-state index in [4.69, 9.17) is 16.6 Å². The Morgan fingerprint density at radius 2 is 2.03 bits per heavy atom. The van der Waals surface area contributed by atoms with Crippen LogP contribution in [0.1, 0.15) is 49.0 Å². The number of benzene rings is 1. The van der Waals surface area contributed by atoms with Crippen LogP contribution >= 0.6 is 11.6 Å². The molecule has 2 aromatic rings. The molecule has 0 bridgehead atoms. The summed E-state index contributed by atoms with van der Waals surface area (Å²) in [7, 11) is 0. The van der Waals surface area contributed by atoms with Gasteiger partial charge in [0, 0.05) is 72.6 Å². The molecule has 1 aliphatic heterocycles. The average molecular weight is 522 g/mol. The summed E-state index contributed by atoms with van der Waals surface area (Å²) >= 11 is 6.76. The Bertz CT molecular complexity index is 1350. The van der Waals surface area contributed by atoms with Gasteiger partial charge >= 0.3 is 0 Å². The highest BCUT2D eigenvalue weighted by molar-refractivity contribution is 6.30. The second-order valence-electron chi connectivity index (χ2n) is 9.70. The molecule has 2 atom stereocenters. The third-order valence-corrected chi connectivity index (χ3v) is 7.57. The SMILES string of the molecule is C=C(CCCc1ncccn1)N=C1C(F)=C2C(=C/C1=C(/C)N1CCNC(C)C1)C(Cl)c1cccc(F)c12. The molecule has 3 aliphatic rings. The number of allylic oxidation sites excluding steroid dienone is 7. The van der Waals surface area contributed by atoms with Crippen LogP contribution in [0.3, 0.4) is 0 Å². The van der Waals surface area contributed by atoms with Crippen molar-refractivity contribution in [1.82, 2.24) is 20.2 Å². The van der Waals surface area contributed by atoms with Crippen molar-refractivity contribution in [2.45, 2.75) is 44.5 Å². The first-order valence-corrected chi connectivity index (χ1v) is 13.1. The van der Waals surface area contributed by atoms with E-state index in [-0.39, 0.29) is 16.8 Å². The van der Waals surface area contributed by atoms with Crippen LogP contribution in [-0.4, -0.2) is 46.3 Å². The van der Waals surface area contributed by atoms with E-state index in [1.165, 1.54) is 6.07 Å². The molecule has 1 aromatic heterocycles. The molecule has 1 saturated heterocycles. The molecule has 2 aliphatic carbocycles. The lowest BCUT2D eigenvalue weighted by molar-refractivity contribution is 0.255. The Balaban J connectivity index is 1.53. The molecule has 5 nitrogen and oxygen atoms in total. The summed E-state index contributed by atoms with van der Waals surface area (Å²) in [4.78, 5) is 15.4. The fraction of sp³-hybridized carbons (Fsp3) is 0.345. The van der Waals surface area contributed by atoms with E-state index in [1.807, 2.05) is 13.0 Å². The summed E-state index contributed by atoms with van der Waals surface area (Å²) in [5.41, 5.74) is 3.88. The van der Waals surface area contributed by atoms with Crippen molar-refractivity contribution in [3.05, 3.63) is 100 Å². The molecule has 1 N–H and O–H groups in total. The molecule has 0 radical (unpaired) electrons. The zero-order valence-corrected chi connectivity index (χ0v) is 21.8. The van der Waals surface area contributed by atoms with Crippen molar-refractivity contribution in [2.24, 2.45) is 4.99 Å². The van der Waals surface area contributed by atoms with Gasteiger partial charge in [-0.3, -0.25) is 4.99 Å². The molecule has 2 unspecified atom stereocenters. The number of nitrogens with zero attached hydrogens (tertiary/aromatic N) is 4. The average Bonchev–Trinajstić information content (AvgIpc) is 3.19. The quantitative estimate of drug-likeness (QED) is 0.468. The van der Waals surface area contributed by atoms with Crippen LogP contribution in [-0.2, 0) is 6.42 Å². The smallest absolute Gasteiger partial charge is 0.157 e. The van der Waals surface area contributed by atoms with Crippen molar-refractivity contribution in [3.8, 4) is 0 Å². The number of rotatable bonds is 6. The highest BCUT2D eigenvalue weighted by Gasteiger charge is 2.40. The standard InChI is InChI=1S/C29H30ClF2N5/c1-17(7-4-10-24-34-11-6-12-35-24)36-29-21(19(3)37-14-13-33-18(2)16-37)15-22-26(28(29)32)25-20(27(22)30)8-5-9-23(25)31/h5-6,8-9,11-12,15,18,27,33H,1,4,7,10,13-14,16H2,2-3H3/b21-19+,36-29?. The number of aliphatic imine (C=N–C) groups is 1. The molecule has 37 heavy (non-hydrogen) atoms. The molecule has 192 valence electrons. The van der Waals surface area contributed by atoms with Gasteiger partial charge in [-0.15, -0.1) is 11.6 Å². The third-order valence-electron chi connectivity index (χ3n) is 7.10. The van der Waals surface area contributed by atoms with Crippen molar-refractivity contribution >= 4 is 22.9 Å². The number of alkyl halides is 1. The van der Waals surface area contributed by atoms with E-state index in [9.17, 15) is 4.39 Å². The summed E-state index contributed by atoms with van der Waals surface area (Å²) in [6.45, 7) is 10.6. The van der Waals surface area contributed by atoms with E-state index in [0.717, 1.165) is 37.6 Å². The summed E-state index contributed by atoms with van der Waals surface area (Å²) in [6.07, 6.45) is 7.27. The molecular weight excluding hydrogens is 492 g/mol. The highest BCUT2D eigenvalue weighted by Crippen LogP contribution is 2.53. The number of aryl methyl sites for hydroxylation is 1. The Morgan fingerprint density at radius 1 is 1.24 bits per heavy atom. The fourth-order valence-electron chi connectivity index (χ4n) is 5.21. The summed E-state index contributed by atoms with van der Waals surface area (Å²) in [5, 5.41) is 2.81. The van der Waals surface area contributed by atoms with Gasteiger partial charge in [0.05, 0.1) is 5.38 Å². The molecular formula is C29H30ClF2N5. The molecule has 8 heteroatoms. The van der Waals surface area contributed by atoms with Crippen LogP contribution in [0.25, 0.3) is 5.57 Å². The van der Waals surface area contributed by atoms with Crippen LogP contribution < -0.4 is 5.32 Å². The molecule has 2 heterocycles. The lowest BCUT2D eigenvalue weighted by atomic mass is 9.90. The lowest BCUT2D eigenvalue weighted by Crippen LogP contribution is -2.48. The predicted octanol–water partition coefficient (Wildman–Crippen LogP) is 6.08. The minimum absolute atomic E-state index is 0.184. The molecule has 0 amide bonds. The van der Waals surface area contributed by atoms with E-state index in [0.29, 0.717) is 41.3 Å². The van der Waals surface area contributed by atoms with Gasteiger partial charge in [0.2, 0.25) is 0 Å². The van der Waals surface area contributed by atoms with Crippen LogP contribution in [0.15, 0.2) is 82.7 Å². The largest absolute Gasteiger partial charge is 0.372 e. The Morgan fingerprint density at radius 3 is 2.78 bits per heavy atom. The summed E-state index contributed by atoms with van der Waals surface area (Å²) in [5.74, 6) is -0.299. The first-order valence-electron chi connectivity index (χ1n) is 12.6. The summed E-state index contributed by atoms with van der Waals surface area (Å²) < 4.78 is 31.3. The van der Waals surface area contributed by atoms with Gasteiger partial charge < -0.3 is 10.2 Å². The molecule has 0 saturated carbocycles. The summed E-state index contributed by atoms with van der Waals surface area (Å²) in [6, 6.07) is 6.78. The Hall–Kier alpha value is -3.16. The topological polar surface area (TPSA) is 53.4 Å². The van der Waals surface area contributed by atoms with Gasteiger partial charge in [0.15, 0.2) is 5.83 Å². The Kier molecular flexibility index (Phi) is 7.36. The maximum absolute atomic E-state index is 16.4. The zero-order valence-electron chi connectivity index (χ0n) is 21.1. The number of nitrogens with one attached hydrogen (secondary N) is 1. The number of piperazine rings is 1. The molecule has 0 spiro atoms. The molecule has 1 fully saturated rings. The second-order valence-corrected chi connectivity index (χ2v) is 10.1.